The van der Waals surface area contributed by atoms with Gasteiger partial charge in [0.25, 0.3) is 5.24 Å². The van der Waals surface area contributed by atoms with Crippen molar-refractivity contribution in [2.75, 3.05) is 7.05 Å². The Kier molecular flexibility index (Phi) is 5.76. The number of halogens is 5. The molecule has 2 aromatic rings. The van der Waals surface area contributed by atoms with Crippen LogP contribution in [0.1, 0.15) is 11.3 Å². The molecule has 0 aliphatic rings. The van der Waals surface area contributed by atoms with Gasteiger partial charge in [-0.3, -0.25) is 4.79 Å². The van der Waals surface area contributed by atoms with Crippen LogP contribution < -0.4 is 0 Å². The molecular weight excluding hydrogens is 443 g/mol. The number of thiol groups is 1. The zero-order valence-corrected chi connectivity index (χ0v) is 15.8. The molecule has 1 heterocycles. The van der Waals surface area contributed by atoms with E-state index in [2.05, 4.69) is 28.6 Å². The van der Waals surface area contributed by atoms with Crippen LogP contribution in [0.4, 0.5) is 18.0 Å². The second-order valence-corrected chi connectivity index (χ2v) is 6.66. The third-order valence-electron chi connectivity index (χ3n) is 3.38. The minimum absolute atomic E-state index is 0.0276. The zero-order chi connectivity index (χ0) is 18.9. The summed E-state index contributed by atoms with van der Waals surface area (Å²) in [5.74, 6) is 0. The zero-order valence-electron chi connectivity index (χ0n) is 12.6. The van der Waals surface area contributed by atoms with Crippen molar-refractivity contribution in [1.82, 2.24) is 9.47 Å². The second kappa shape index (κ2) is 7.32. The molecule has 0 aliphatic heterocycles. The number of aromatic nitrogens is 1. The molecule has 4 nitrogen and oxygen atoms in total. The average Bonchev–Trinajstić information content (AvgIpc) is 2.79. The molecular formula is C15H10BrClF3N3OS. The lowest BCUT2D eigenvalue weighted by atomic mass is 10.1. The molecule has 132 valence electrons. The average molecular weight is 453 g/mol. The van der Waals surface area contributed by atoms with Gasteiger partial charge in [0.15, 0.2) is 0 Å². The van der Waals surface area contributed by atoms with Gasteiger partial charge in [0, 0.05) is 12.1 Å². The molecule has 0 fully saturated rings. The minimum Gasteiger partial charge on any atom is -0.319 e. The Morgan fingerprint density at radius 1 is 1.40 bits per heavy atom. The van der Waals surface area contributed by atoms with Gasteiger partial charge >= 0.3 is 6.18 Å². The van der Waals surface area contributed by atoms with E-state index in [0.29, 0.717) is 10.6 Å². The first-order valence-electron chi connectivity index (χ1n) is 6.67. The summed E-state index contributed by atoms with van der Waals surface area (Å²) in [4.78, 5) is 12.4. The number of hydrogen-bond acceptors (Lipinski definition) is 2. The molecule has 1 aromatic heterocycles. The highest BCUT2D eigenvalue weighted by Gasteiger charge is 2.41. The van der Waals surface area contributed by atoms with Crippen molar-refractivity contribution >= 4 is 45.4 Å². The second-order valence-electron chi connectivity index (χ2n) is 5.05. The summed E-state index contributed by atoms with van der Waals surface area (Å²) in [6.45, 7) is -0.435. The molecule has 0 radical (unpaired) electrons. The smallest absolute Gasteiger partial charge is 0.319 e. The van der Waals surface area contributed by atoms with E-state index < -0.39 is 23.8 Å². The van der Waals surface area contributed by atoms with Crippen LogP contribution in [0.25, 0.3) is 11.3 Å². The van der Waals surface area contributed by atoms with Crippen LogP contribution in [0.15, 0.2) is 28.7 Å². The Morgan fingerprint density at radius 2 is 1.96 bits per heavy atom. The Morgan fingerprint density at radius 3 is 2.40 bits per heavy atom. The standard InChI is InChI=1S/C15H10BrClF3N3OS/c1-22(14(24)25)7-23-12(8-2-4-9(17)5-3-8)10(6-21)11(16)13(23)15(18,19)20/h2-5H,7H2,1H3,(H,24,25). The summed E-state index contributed by atoms with van der Waals surface area (Å²) in [6.07, 6.45) is -4.74. The topological polar surface area (TPSA) is 49.0 Å². The van der Waals surface area contributed by atoms with Crippen LogP contribution in [0.2, 0.25) is 5.02 Å². The van der Waals surface area contributed by atoms with Crippen molar-refractivity contribution in [1.29, 1.82) is 5.26 Å². The number of alkyl halides is 3. The van der Waals surface area contributed by atoms with Crippen molar-refractivity contribution < 1.29 is 18.0 Å². The van der Waals surface area contributed by atoms with Crippen molar-refractivity contribution in [3.8, 4) is 17.3 Å². The summed E-state index contributed by atoms with van der Waals surface area (Å²) in [6, 6.07) is 7.81. The normalized spacial score (nSPS) is 11.3. The van der Waals surface area contributed by atoms with Crippen LogP contribution in [0.5, 0.6) is 0 Å². The van der Waals surface area contributed by atoms with Crippen LogP contribution in [0, 0.1) is 11.3 Å². The molecule has 0 bridgehead atoms. The number of carbonyl (C=O) groups is 1. The van der Waals surface area contributed by atoms with Gasteiger partial charge in [-0.2, -0.15) is 18.4 Å². The highest BCUT2D eigenvalue weighted by Crippen LogP contribution is 2.43. The molecule has 1 aromatic carbocycles. The van der Waals surface area contributed by atoms with E-state index in [1.807, 2.05) is 0 Å². The van der Waals surface area contributed by atoms with E-state index in [1.54, 1.807) is 6.07 Å². The van der Waals surface area contributed by atoms with Crippen LogP contribution in [0.3, 0.4) is 0 Å². The first-order valence-corrected chi connectivity index (χ1v) is 8.29. The van der Waals surface area contributed by atoms with Gasteiger partial charge in [-0.1, -0.05) is 36.4 Å². The van der Waals surface area contributed by atoms with E-state index in [1.165, 1.54) is 31.3 Å². The van der Waals surface area contributed by atoms with Gasteiger partial charge < -0.3 is 9.47 Å². The number of benzene rings is 1. The fourth-order valence-electron chi connectivity index (χ4n) is 2.29. The summed E-state index contributed by atoms with van der Waals surface area (Å²) >= 11 is 12.3. The third-order valence-corrected chi connectivity index (χ3v) is 4.75. The van der Waals surface area contributed by atoms with E-state index in [4.69, 9.17) is 11.6 Å². The Hall–Kier alpha value is -1.63. The predicted octanol–water partition coefficient (Wildman–Crippen LogP) is 5.40. The van der Waals surface area contributed by atoms with Gasteiger partial charge in [0.1, 0.15) is 11.8 Å². The van der Waals surface area contributed by atoms with Gasteiger partial charge in [-0.05, 0) is 33.6 Å². The van der Waals surface area contributed by atoms with Crippen LogP contribution in [-0.4, -0.2) is 21.8 Å². The lowest BCUT2D eigenvalue weighted by molar-refractivity contribution is -0.144. The van der Waals surface area contributed by atoms with Crippen molar-refractivity contribution in [3.63, 3.8) is 0 Å². The SMILES string of the molecule is CN(Cn1c(-c2ccc(Cl)cc2)c(C#N)c(Br)c1C(F)(F)F)C(=O)S. The molecule has 0 spiro atoms. The fraction of sp³-hybridized carbons (Fsp3) is 0.200. The minimum atomic E-state index is -4.74. The van der Waals surface area contributed by atoms with E-state index in [9.17, 15) is 23.2 Å². The molecule has 0 saturated carbocycles. The molecule has 0 N–H and O–H groups in total. The predicted molar refractivity (Wildman–Crippen MR) is 94.4 cm³/mol. The molecule has 0 atom stereocenters. The number of carbonyl (C=O) groups excluding carboxylic acids is 1. The number of rotatable bonds is 3. The summed E-state index contributed by atoms with van der Waals surface area (Å²) in [5.41, 5.74) is -0.859. The molecule has 1 amide bonds. The van der Waals surface area contributed by atoms with E-state index in [0.717, 1.165) is 9.47 Å². The van der Waals surface area contributed by atoms with Crippen molar-refractivity contribution in [3.05, 3.63) is 45.0 Å². The van der Waals surface area contributed by atoms with Crippen molar-refractivity contribution in [2.45, 2.75) is 12.8 Å². The maximum atomic E-state index is 13.6. The first-order chi connectivity index (χ1) is 11.6. The quantitative estimate of drug-likeness (QED) is 0.634. The largest absolute Gasteiger partial charge is 0.432 e. The number of nitrogens with zero attached hydrogens (tertiary/aromatic N) is 3. The molecule has 25 heavy (non-hydrogen) atoms. The Bertz CT molecular complexity index is 859. The maximum Gasteiger partial charge on any atom is 0.432 e. The van der Waals surface area contributed by atoms with Gasteiger partial charge in [-0.25, -0.2) is 0 Å². The van der Waals surface area contributed by atoms with E-state index >= 15 is 0 Å². The highest BCUT2D eigenvalue weighted by molar-refractivity contribution is 9.10. The number of hydrogen-bond donors (Lipinski definition) is 1. The Balaban J connectivity index is 2.82. The summed E-state index contributed by atoms with van der Waals surface area (Å²) < 4.78 is 41.2. The van der Waals surface area contributed by atoms with Crippen LogP contribution in [-0.2, 0) is 12.8 Å². The number of nitriles is 1. The van der Waals surface area contributed by atoms with Crippen LogP contribution >= 0.6 is 40.2 Å². The third kappa shape index (κ3) is 3.97. The van der Waals surface area contributed by atoms with Gasteiger partial charge in [0.05, 0.1) is 22.4 Å². The number of amides is 1. The lowest BCUT2D eigenvalue weighted by Gasteiger charge is -2.21. The summed E-state index contributed by atoms with van der Waals surface area (Å²) in [5, 5.41) is 9.07. The summed E-state index contributed by atoms with van der Waals surface area (Å²) in [7, 11) is 1.31. The van der Waals surface area contributed by atoms with Crippen molar-refractivity contribution in [2.24, 2.45) is 0 Å². The first kappa shape index (κ1) is 19.7. The highest BCUT2D eigenvalue weighted by atomic mass is 79.9. The Labute approximate surface area is 160 Å². The van der Waals surface area contributed by atoms with Gasteiger partial charge in [0.2, 0.25) is 0 Å². The van der Waals surface area contributed by atoms with E-state index in [-0.39, 0.29) is 15.7 Å². The maximum absolute atomic E-state index is 13.6. The fourth-order valence-corrected chi connectivity index (χ4v) is 3.19. The monoisotopic (exact) mass is 451 g/mol. The molecule has 2 rings (SSSR count). The molecule has 10 heteroatoms. The molecule has 0 saturated heterocycles. The lowest BCUT2D eigenvalue weighted by Crippen LogP contribution is -2.27. The van der Waals surface area contributed by atoms with Gasteiger partial charge in [-0.15, -0.1) is 0 Å². The molecule has 0 unspecified atom stereocenters. The molecule has 0 aliphatic carbocycles.